The fraction of sp³-hybridized carbons (Fsp3) is 1.00. The van der Waals surface area contributed by atoms with Gasteiger partial charge in [-0.25, -0.2) is 0 Å². The summed E-state index contributed by atoms with van der Waals surface area (Å²) in [5, 5.41) is 8.26. The molecule has 0 aromatic rings. The molecule has 3 nitrogen and oxygen atoms in total. The zero-order chi connectivity index (χ0) is 6.95. The van der Waals surface area contributed by atoms with Crippen LogP contribution in [-0.2, 0) is 9.47 Å². The van der Waals surface area contributed by atoms with Crippen LogP contribution in [0.25, 0.3) is 0 Å². The second-order valence-corrected chi connectivity index (χ2v) is 1.53. The number of aliphatic hydroxyl groups excluding tert-OH is 1. The van der Waals surface area contributed by atoms with E-state index in [4.69, 9.17) is 14.6 Å². The summed E-state index contributed by atoms with van der Waals surface area (Å²) in [6.07, 6.45) is 0. The molecule has 0 heterocycles. The third-order valence-corrected chi connectivity index (χ3v) is 0.812. The Morgan fingerprint density at radius 3 is 2.30 bits per heavy atom. The van der Waals surface area contributed by atoms with Crippen molar-refractivity contribution in [3.8, 4) is 0 Å². The van der Waals surface area contributed by atoms with E-state index in [0.717, 1.165) is 6.61 Å². The Labute approximate surface area is 94.7 Å². The summed E-state index contributed by atoms with van der Waals surface area (Å²) in [5.41, 5.74) is 0. The average molecular weight is 176 g/mol. The van der Waals surface area contributed by atoms with Gasteiger partial charge in [-0.3, -0.25) is 0 Å². The summed E-state index contributed by atoms with van der Waals surface area (Å²) < 4.78 is 9.88. The van der Waals surface area contributed by atoms with Crippen LogP contribution in [0.3, 0.4) is 0 Å². The van der Waals surface area contributed by atoms with Crippen LogP contribution in [0.1, 0.15) is 9.78 Å². The molecule has 1 N–H and O–H groups in total. The minimum Gasteiger partial charge on any atom is -1.00 e. The molecule has 0 rings (SSSR count). The quantitative estimate of drug-likeness (QED) is 0.453. The Morgan fingerprint density at radius 1 is 1.20 bits per heavy atom. The molecule has 0 bridgehead atoms. The molecule has 0 unspecified atom stereocenters. The SMILES string of the molecule is CCOCCOCCO.[Ca+2].[H-].[H-]. The summed E-state index contributed by atoms with van der Waals surface area (Å²) in [6, 6.07) is 0. The second-order valence-electron chi connectivity index (χ2n) is 1.53. The summed E-state index contributed by atoms with van der Waals surface area (Å²) in [6.45, 7) is 4.36. The molecule has 0 amide bonds. The maximum atomic E-state index is 8.26. The Morgan fingerprint density at radius 2 is 1.80 bits per heavy atom. The Balaban J connectivity index is -0.000000107. The van der Waals surface area contributed by atoms with Crippen LogP contribution < -0.4 is 0 Å². The van der Waals surface area contributed by atoms with Crippen LogP contribution in [0, 0.1) is 0 Å². The molecule has 0 saturated carbocycles. The number of aliphatic hydroxyl groups is 1. The van der Waals surface area contributed by atoms with Crippen molar-refractivity contribution >= 4 is 37.7 Å². The van der Waals surface area contributed by atoms with Crippen LogP contribution in [0.5, 0.6) is 0 Å². The molecule has 0 fully saturated rings. The van der Waals surface area contributed by atoms with Crippen molar-refractivity contribution in [3.05, 3.63) is 0 Å². The van der Waals surface area contributed by atoms with Gasteiger partial charge in [0.15, 0.2) is 0 Å². The predicted octanol–water partition coefficient (Wildman–Crippen LogP) is -0.124. The number of hydrogen-bond donors (Lipinski definition) is 1. The molecule has 0 atom stereocenters. The minimum absolute atomic E-state index is 0. The molecule has 0 aliphatic carbocycles. The molecule has 4 heteroatoms. The van der Waals surface area contributed by atoms with Crippen LogP contribution in [0.4, 0.5) is 0 Å². The van der Waals surface area contributed by atoms with E-state index in [0.29, 0.717) is 19.8 Å². The standard InChI is InChI=1S/C6H14O3.Ca.2H/c1-2-8-5-6-9-4-3-7;;;/h7H,2-6H2,1H3;;;/q;+2;2*-1. The summed E-state index contributed by atoms with van der Waals surface area (Å²) in [5.74, 6) is 0. The zero-order valence-corrected chi connectivity index (χ0v) is 8.71. The molecule has 0 saturated heterocycles. The van der Waals surface area contributed by atoms with Crippen molar-refractivity contribution in [3.63, 3.8) is 0 Å². The van der Waals surface area contributed by atoms with Gasteiger partial charge in [0.05, 0.1) is 26.4 Å². The van der Waals surface area contributed by atoms with Crippen LogP contribution in [0.2, 0.25) is 0 Å². The van der Waals surface area contributed by atoms with Crippen molar-refractivity contribution < 1.29 is 17.4 Å². The predicted molar refractivity (Wildman–Crippen MR) is 42.4 cm³/mol. The van der Waals surface area contributed by atoms with E-state index < -0.39 is 0 Å². The topological polar surface area (TPSA) is 38.7 Å². The van der Waals surface area contributed by atoms with E-state index >= 15 is 0 Å². The van der Waals surface area contributed by atoms with E-state index in [-0.39, 0.29) is 47.2 Å². The first kappa shape index (κ1) is 13.7. The number of rotatable bonds is 6. The third-order valence-electron chi connectivity index (χ3n) is 0.812. The van der Waals surface area contributed by atoms with E-state index in [1.54, 1.807) is 0 Å². The third kappa shape index (κ3) is 11.9. The maximum Gasteiger partial charge on any atom is 2.00 e. The van der Waals surface area contributed by atoms with Crippen LogP contribution >= 0.6 is 0 Å². The van der Waals surface area contributed by atoms with Gasteiger partial charge < -0.3 is 17.4 Å². The monoisotopic (exact) mass is 176 g/mol. The van der Waals surface area contributed by atoms with E-state index in [1.807, 2.05) is 6.92 Å². The van der Waals surface area contributed by atoms with Gasteiger partial charge in [0.25, 0.3) is 0 Å². The molecule has 0 radical (unpaired) electrons. The molecule has 0 aliphatic heterocycles. The van der Waals surface area contributed by atoms with Crippen molar-refractivity contribution in [2.75, 3.05) is 33.0 Å². The summed E-state index contributed by atoms with van der Waals surface area (Å²) in [7, 11) is 0. The average Bonchev–Trinajstić information content (AvgIpc) is 1.89. The number of hydrogen-bond acceptors (Lipinski definition) is 3. The van der Waals surface area contributed by atoms with Gasteiger partial charge in [0.2, 0.25) is 0 Å². The molecule has 0 aromatic carbocycles. The maximum absolute atomic E-state index is 8.26. The van der Waals surface area contributed by atoms with Crippen LogP contribution in [-0.4, -0.2) is 75.9 Å². The molecule has 10 heavy (non-hydrogen) atoms. The van der Waals surface area contributed by atoms with Gasteiger partial charge in [-0.1, -0.05) is 0 Å². The fourth-order valence-corrected chi connectivity index (χ4v) is 0.429. The summed E-state index contributed by atoms with van der Waals surface area (Å²) in [4.78, 5) is 0. The van der Waals surface area contributed by atoms with Crippen molar-refractivity contribution in [1.29, 1.82) is 0 Å². The van der Waals surface area contributed by atoms with Gasteiger partial charge in [-0.2, -0.15) is 0 Å². The normalized spacial score (nSPS) is 9.00. The number of ether oxygens (including phenoxy) is 2. The smallest absolute Gasteiger partial charge is 1.00 e. The molecule has 60 valence electrons. The largest absolute Gasteiger partial charge is 2.00 e. The molecule has 0 aromatic heterocycles. The van der Waals surface area contributed by atoms with Gasteiger partial charge in [0.1, 0.15) is 0 Å². The fourth-order valence-electron chi connectivity index (χ4n) is 0.429. The summed E-state index contributed by atoms with van der Waals surface area (Å²) >= 11 is 0. The molecule has 0 spiro atoms. The Kier molecular flexibility index (Phi) is 17.5. The van der Waals surface area contributed by atoms with Crippen molar-refractivity contribution in [2.45, 2.75) is 6.92 Å². The Bertz CT molecular complexity index is 54.1. The molecular weight excluding hydrogens is 160 g/mol. The minimum atomic E-state index is 0. The van der Waals surface area contributed by atoms with E-state index in [2.05, 4.69) is 0 Å². The zero-order valence-electron chi connectivity index (χ0n) is 8.51. The first-order valence-corrected chi connectivity index (χ1v) is 3.18. The van der Waals surface area contributed by atoms with Gasteiger partial charge >= 0.3 is 37.7 Å². The second kappa shape index (κ2) is 12.8. The molecule has 0 aliphatic rings. The van der Waals surface area contributed by atoms with Crippen molar-refractivity contribution in [2.24, 2.45) is 0 Å². The first-order chi connectivity index (χ1) is 4.41. The first-order valence-electron chi connectivity index (χ1n) is 3.18. The van der Waals surface area contributed by atoms with E-state index in [1.165, 1.54) is 0 Å². The van der Waals surface area contributed by atoms with Gasteiger partial charge in [-0.05, 0) is 6.92 Å². The van der Waals surface area contributed by atoms with Gasteiger partial charge in [-0.15, -0.1) is 0 Å². The van der Waals surface area contributed by atoms with E-state index in [9.17, 15) is 0 Å². The Hall–Kier alpha value is 1.14. The van der Waals surface area contributed by atoms with Crippen LogP contribution in [0.15, 0.2) is 0 Å². The van der Waals surface area contributed by atoms with Crippen molar-refractivity contribution in [1.82, 2.24) is 0 Å². The molecular formula is C6H16CaO3. The van der Waals surface area contributed by atoms with Gasteiger partial charge in [0, 0.05) is 6.61 Å².